The van der Waals surface area contributed by atoms with E-state index in [-0.39, 0.29) is 16.1 Å². The normalized spacial score (nSPS) is 10.8. The van der Waals surface area contributed by atoms with Gasteiger partial charge in [0.05, 0.1) is 33.1 Å². The standard InChI is InChI=1S/C21H13Cl4N3O2/c22-13-6-5-12(17(24)9-13)11-26-28-21(30)16-3-1-2-4-19(16)27-20(29)15-8-7-14(23)10-18(15)25/h1-11H,(H,27,29)(H,28,30)/b26-11-. The second kappa shape index (κ2) is 9.96. The van der Waals surface area contributed by atoms with Gasteiger partial charge in [-0.1, -0.05) is 64.6 Å². The molecule has 0 aliphatic rings. The average Bonchev–Trinajstić information content (AvgIpc) is 2.69. The Labute approximate surface area is 192 Å². The van der Waals surface area contributed by atoms with Gasteiger partial charge in [0.25, 0.3) is 11.8 Å². The highest BCUT2D eigenvalue weighted by Crippen LogP contribution is 2.23. The van der Waals surface area contributed by atoms with Gasteiger partial charge in [-0.3, -0.25) is 9.59 Å². The maximum absolute atomic E-state index is 12.6. The van der Waals surface area contributed by atoms with Gasteiger partial charge in [0.1, 0.15) is 0 Å². The molecule has 0 heterocycles. The van der Waals surface area contributed by atoms with Crippen LogP contribution in [0.1, 0.15) is 26.3 Å². The van der Waals surface area contributed by atoms with Crippen molar-refractivity contribution in [3.05, 3.63) is 97.4 Å². The van der Waals surface area contributed by atoms with E-state index in [1.807, 2.05) is 0 Å². The van der Waals surface area contributed by atoms with E-state index >= 15 is 0 Å². The number of hydrogen-bond donors (Lipinski definition) is 2. The molecule has 30 heavy (non-hydrogen) atoms. The number of nitrogens with zero attached hydrogens (tertiary/aromatic N) is 1. The van der Waals surface area contributed by atoms with Crippen molar-refractivity contribution in [2.45, 2.75) is 0 Å². The molecule has 9 heteroatoms. The smallest absolute Gasteiger partial charge is 0.273 e. The minimum atomic E-state index is -0.519. The molecule has 0 saturated carbocycles. The number of amides is 2. The minimum absolute atomic E-state index is 0.200. The van der Waals surface area contributed by atoms with Gasteiger partial charge in [-0.25, -0.2) is 5.43 Å². The van der Waals surface area contributed by atoms with E-state index in [0.29, 0.717) is 26.3 Å². The summed E-state index contributed by atoms with van der Waals surface area (Å²) in [5, 5.41) is 8.09. The third-order valence-electron chi connectivity index (χ3n) is 3.93. The molecule has 0 aliphatic carbocycles. The van der Waals surface area contributed by atoms with Crippen LogP contribution in [0, 0.1) is 0 Å². The number of carbonyl (C=O) groups is 2. The number of halogens is 4. The lowest BCUT2D eigenvalue weighted by Crippen LogP contribution is -2.21. The summed E-state index contributed by atoms with van der Waals surface area (Å²) in [6.45, 7) is 0. The summed E-state index contributed by atoms with van der Waals surface area (Å²) in [5.74, 6) is -0.997. The molecule has 3 rings (SSSR count). The number of rotatable bonds is 5. The Kier molecular flexibility index (Phi) is 7.34. The van der Waals surface area contributed by atoms with Gasteiger partial charge in [-0.05, 0) is 42.5 Å². The molecule has 5 nitrogen and oxygen atoms in total. The predicted molar refractivity (Wildman–Crippen MR) is 122 cm³/mol. The highest BCUT2D eigenvalue weighted by Gasteiger charge is 2.16. The number of para-hydroxylation sites is 1. The molecule has 0 atom stereocenters. The van der Waals surface area contributed by atoms with Crippen LogP contribution in [0.3, 0.4) is 0 Å². The van der Waals surface area contributed by atoms with Crippen LogP contribution in [-0.2, 0) is 0 Å². The molecule has 0 spiro atoms. The van der Waals surface area contributed by atoms with E-state index in [1.165, 1.54) is 18.3 Å². The molecule has 0 bridgehead atoms. The maximum Gasteiger partial charge on any atom is 0.273 e. The van der Waals surface area contributed by atoms with Crippen LogP contribution < -0.4 is 10.7 Å². The first kappa shape index (κ1) is 22.1. The summed E-state index contributed by atoms with van der Waals surface area (Å²) in [7, 11) is 0. The van der Waals surface area contributed by atoms with Crippen LogP contribution in [0.5, 0.6) is 0 Å². The van der Waals surface area contributed by atoms with Gasteiger partial charge in [-0.2, -0.15) is 5.10 Å². The zero-order valence-corrected chi connectivity index (χ0v) is 18.2. The van der Waals surface area contributed by atoms with Crippen molar-refractivity contribution >= 4 is 70.1 Å². The largest absolute Gasteiger partial charge is 0.321 e. The van der Waals surface area contributed by atoms with Gasteiger partial charge >= 0.3 is 0 Å². The summed E-state index contributed by atoms with van der Waals surface area (Å²) < 4.78 is 0. The lowest BCUT2D eigenvalue weighted by molar-refractivity contribution is 0.0956. The summed E-state index contributed by atoms with van der Waals surface area (Å²) in [4.78, 5) is 25.1. The number of anilines is 1. The second-order valence-electron chi connectivity index (χ2n) is 5.99. The zero-order chi connectivity index (χ0) is 21.7. The summed E-state index contributed by atoms with van der Waals surface area (Å²) >= 11 is 23.9. The Morgan fingerprint density at radius 1 is 0.767 bits per heavy atom. The number of nitrogens with one attached hydrogen (secondary N) is 2. The average molecular weight is 481 g/mol. The molecule has 2 N–H and O–H groups in total. The van der Waals surface area contributed by atoms with Crippen LogP contribution >= 0.6 is 46.4 Å². The lowest BCUT2D eigenvalue weighted by atomic mass is 10.1. The van der Waals surface area contributed by atoms with Crippen molar-refractivity contribution in [2.24, 2.45) is 5.10 Å². The second-order valence-corrected chi connectivity index (χ2v) is 7.68. The Morgan fingerprint density at radius 2 is 1.43 bits per heavy atom. The molecule has 0 unspecified atom stereocenters. The van der Waals surface area contributed by atoms with Crippen molar-refractivity contribution < 1.29 is 9.59 Å². The number of benzene rings is 3. The zero-order valence-electron chi connectivity index (χ0n) is 15.1. The predicted octanol–water partition coefficient (Wildman–Crippen LogP) is 6.32. The Hall–Kier alpha value is -2.57. The van der Waals surface area contributed by atoms with E-state index in [1.54, 1.807) is 48.5 Å². The van der Waals surface area contributed by atoms with E-state index in [0.717, 1.165) is 0 Å². The van der Waals surface area contributed by atoms with Crippen LogP contribution in [0.15, 0.2) is 65.8 Å². The van der Waals surface area contributed by atoms with Gasteiger partial charge in [0.15, 0.2) is 0 Å². The SMILES string of the molecule is O=C(Nc1ccccc1C(=O)N/N=C\c1ccc(Cl)cc1Cl)c1ccc(Cl)cc1Cl. The monoisotopic (exact) mass is 479 g/mol. The van der Waals surface area contributed by atoms with Crippen molar-refractivity contribution in [3.8, 4) is 0 Å². The van der Waals surface area contributed by atoms with Crippen LogP contribution in [-0.4, -0.2) is 18.0 Å². The Morgan fingerprint density at radius 3 is 2.13 bits per heavy atom. The molecule has 152 valence electrons. The highest BCUT2D eigenvalue weighted by molar-refractivity contribution is 6.37. The van der Waals surface area contributed by atoms with Crippen LogP contribution in [0.4, 0.5) is 5.69 Å². The third kappa shape index (κ3) is 5.52. The molecule has 0 radical (unpaired) electrons. The Balaban J connectivity index is 1.74. The topological polar surface area (TPSA) is 70.6 Å². The molecular weight excluding hydrogens is 468 g/mol. The summed E-state index contributed by atoms with van der Waals surface area (Å²) in [5.41, 5.74) is 3.73. The minimum Gasteiger partial charge on any atom is -0.321 e. The van der Waals surface area contributed by atoms with E-state index < -0.39 is 11.8 Å². The fourth-order valence-electron chi connectivity index (χ4n) is 2.48. The van der Waals surface area contributed by atoms with Crippen molar-refractivity contribution in [1.29, 1.82) is 0 Å². The molecule has 0 saturated heterocycles. The van der Waals surface area contributed by atoms with Crippen LogP contribution in [0.2, 0.25) is 20.1 Å². The first-order valence-corrected chi connectivity index (χ1v) is 10.00. The molecule has 3 aromatic carbocycles. The first-order chi connectivity index (χ1) is 14.3. The quantitative estimate of drug-likeness (QED) is 0.331. The van der Waals surface area contributed by atoms with Gasteiger partial charge in [0.2, 0.25) is 0 Å². The van der Waals surface area contributed by atoms with E-state index in [9.17, 15) is 9.59 Å². The van der Waals surface area contributed by atoms with Crippen molar-refractivity contribution in [1.82, 2.24) is 5.43 Å². The molecule has 2 amide bonds. The number of hydrogen-bond acceptors (Lipinski definition) is 3. The molecule has 0 aromatic heterocycles. The number of carbonyl (C=O) groups excluding carboxylic acids is 2. The first-order valence-electron chi connectivity index (χ1n) is 8.49. The third-order valence-corrected chi connectivity index (χ3v) is 5.04. The maximum atomic E-state index is 12.6. The van der Waals surface area contributed by atoms with Gasteiger partial charge in [-0.15, -0.1) is 0 Å². The van der Waals surface area contributed by atoms with Crippen molar-refractivity contribution in [2.75, 3.05) is 5.32 Å². The molecule has 3 aromatic rings. The van der Waals surface area contributed by atoms with Crippen LogP contribution in [0.25, 0.3) is 0 Å². The number of hydrazone groups is 1. The van der Waals surface area contributed by atoms with E-state index in [4.69, 9.17) is 46.4 Å². The fraction of sp³-hybridized carbons (Fsp3) is 0. The lowest BCUT2D eigenvalue weighted by Gasteiger charge is -2.11. The van der Waals surface area contributed by atoms with E-state index in [2.05, 4.69) is 15.8 Å². The molecule has 0 fully saturated rings. The fourth-order valence-corrected chi connectivity index (χ4v) is 3.43. The molecule has 0 aliphatic heterocycles. The molecular formula is C21H13Cl4N3O2. The van der Waals surface area contributed by atoms with Gasteiger partial charge in [0, 0.05) is 15.6 Å². The van der Waals surface area contributed by atoms with Crippen molar-refractivity contribution in [3.63, 3.8) is 0 Å². The highest BCUT2D eigenvalue weighted by atomic mass is 35.5. The summed E-state index contributed by atoms with van der Waals surface area (Å²) in [6, 6.07) is 15.9. The Bertz CT molecular complexity index is 1150. The van der Waals surface area contributed by atoms with Gasteiger partial charge < -0.3 is 5.32 Å². The summed E-state index contributed by atoms with van der Waals surface area (Å²) in [6.07, 6.45) is 1.39.